The second kappa shape index (κ2) is 18.6. The highest BCUT2D eigenvalue weighted by Crippen LogP contribution is 2.30. The lowest BCUT2D eigenvalue weighted by molar-refractivity contribution is -0.155. The Morgan fingerprint density at radius 1 is 0.625 bits per heavy atom. The maximum absolute atomic E-state index is 12.7. The van der Waals surface area contributed by atoms with Crippen LogP contribution in [0.5, 0.6) is 0 Å². The number of methoxy groups -OCH3 is 2. The van der Waals surface area contributed by atoms with Gasteiger partial charge in [-0.25, -0.2) is 28.1 Å². The molecule has 1 saturated carbocycles. The molecule has 1 N–H and O–H groups in total. The van der Waals surface area contributed by atoms with Gasteiger partial charge < -0.3 is 24.1 Å². The maximum Gasteiger partial charge on any atom is 0.336 e. The zero-order valence-corrected chi connectivity index (χ0v) is 23.8. The molecule has 13 heteroatoms. The third kappa shape index (κ3) is 10.3. The van der Waals surface area contributed by atoms with Gasteiger partial charge in [-0.05, 0) is 38.5 Å². The van der Waals surface area contributed by atoms with Gasteiger partial charge in [0.2, 0.25) is 0 Å². The second-order valence-corrected chi connectivity index (χ2v) is 10.0. The zero-order valence-electron chi connectivity index (χ0n) is 23.8. The Kier molecular flexibility index (Phi) is 15.5. The smallest absolute Gasteiger partial charge is 0.336 e. The first kappa shape index (κ1) is 33.4. The number of nitrogens with zero attached hydrogens (tertiary/aromatic N) is 3. The van der Waals surface area contributed by atoms with Crippen LogP contribution in [0.25, 0.3) is 0 Å². The van der Waals surface area contributed by atoms with Crippen molar-refractivity contribution in [2.45, 2.75) is 83.8 Å². The van der Waals surface area contributed by atoms with E-state index in [2.05, 4.69) is 0 Å². The predicted molar refractivity (Wildman–Crippen MR) is 145 cm³/mol. The van der Waals surface area contributed by atoms with Gasteiger partial charge in [-0.1, -0.05) is 25.7 Å². The van der Waals surface area contributed by atoms with Crippen LogP contribution in [-0.4, -0.2) is 78.0 Å². The molecule has 1 fully saturated rings. The van der Waals surface area contributed by atoms with Gasteiger partial charge in [0, 0.05) is 20.8 Å². The number of aromatic nitrogens is 3. The molecule has 2 rings (SSSR count). The van der Waals surface area contributed by atoms with Crippen LogP contribution >= 0.6 is 0 Å². The van der Waals surface area contributed by atoms with Crippen molar-refractivity contribution in [3.8, 4) is 0 Å². The molecule has 1 aromatic rings. The van der Waals surface area contributed by atoms with Crippen molar-refractivity contribution in [1.29, 1.82) is 0 Å². The summed E-state index contributed by atoms with van der Waals surface area (Å²) in [5.41, 5.74) is -2.55. The molecule has 1 aromatic heterocycles. The highest BCUT2D eigenvalue weighted by atomic mass is 16.5. The van der Waals surface area contributed by atoms with E-state index in [1.54, 1.807) is 7.11 Å². The van der Waals surface area contributed by atoms with Crippen molar-refractivity contribution in [3.05, 3.63) is 31.5 Å². The van der Waals surface area contributed by atoms with E-state index in [4.69, 9.17) is 18.9 Å². The maximum atomic E-state index is 12.7. The Bertz CT molecular complexity index is 1090. The monoisotopic (exact) mass is 571 g/mol. The Morgan fingerprint density at radius 2 is 1.02 bits per heavy atom. The summed E-state index contributed by atoms with van der Waals surface area (Å²) >= 11 is 0. The van der Waals surface area contributed by atoms with E-state index in [0.717, 1.165) is 58.8 Å². The number of esters is 2. The summed E-state index contributed by atoms with van der Waals surface area (Å²) < 4.78 is 23.2. The summed E-state index contributed by atoms with van der Waals surface area (Å²) in [5, 5.41) is 9.22. The van der Waals surface area contributed by atoms with Crippen LogP contribution in [0.1, 0.15) is 64.2 Å². The average Bonchev–Trinajstić information content (AvgIpc) is 2.96. The number of aliphatic hydroxyl groups excluding tert-OH is 1. The lowest BCUT2D eigenvalue weighted by Crippen LogP contribution is -2.55. The fraction of sp³-hybridized carbons (Fsp3) is 0.815. The van der Waals surface area contributed by atoms with Gasteiger partial charge in [-0.3, -0.25) is 9.59 Å². The summed E-state index contributed by atoms with van der Waals surface area (Å²) in [6.07, 6.45) is 8.39. The van der Waals surface area contributed by atoms with E-state index >= 15 is 0 Å². The van der Waals surface area contributed by atoms with E-state index in [1.807, 2.05) is 0 Å². The molecule has 1 aliphatic rings. The largest absolute Gasteiger partial charge is 0.465 e. The Hall–Kier alpha value is -2.77. The summed E-state index contributed by atoms with van der Waals surface area (Å²) in [4.78, 5) is 62.9. The topological polar surface area (TPSA) is 157 Å². The van der Waals surface area contributed by atoms with Crippen molar-refractivity contribution in [3.63, 3.8) is 0 Å². The third-order valence-electron chi connectivity index (χ3n) is 7.17. The standard InChI is InChI=1S/C27H45N3O10/c1-37-17-7-5-3-4-6-8-18-39-23(32)21-9-11-22(12-10-21)24(33)40-20-15-30-26(35)28(13-16-31)25(34)29(27(30)36)14-19-38-2/h21-22,31H,3-20H2,1-2H3. The molecule has 0 radical (unpaired) electrons. The molecular formula is C27H45N3O10. The lowest BCUT2D eigenvalue weighted by atomic mass is 9.82. The third-order valence-corrected chi connectivity index (χ3v) is 7.17. The Balaban J connectivity index is 1.76. The number of ether oxygens (including phenoxy) is 4. The zero-order chi connectivity index (χ0) is 29.3. The van der Waals surface area contributed by atoms with Crippen LogP contribution in [0.3, 0.4) is 0 Å². The molecule has 0 atom stereocenters. The summed E-state index contributed by atoms with van der Waals surface area (Å²) in [5.74, 6) is -1.27. The second-order valence-electron chi connectivity index (χ2n) is 10.0. The Labute approximate surface area is 234 Å². The molecule has 0 spiro atoms. The van der Waals surface area contributed by atoms with E-state index < -0.39 is 29.6 Å². The highest BCUT2D eigenvalue weighted by Gasteiger charge is 2.31. The van der Waals surface area contributed by atoms with Gasteiger partial charge in [-0.15, -0.1) is 0 Å². The normalized spacial score (nSPS) is 17.1. The summed E-state index contributed by atoms with van der Waals surface area (Å²) in [6, 6.07) is 0. The van der Waals surface area contributed by atoms with E-state index in [9.17, 15) is 29.1 Å². The van der Waals surface area contributed by atoms with E-state index in [-0.39, 0.29) is 50.7 Å². The van der Waals surface area contributed by atoms with Crippen LogP contribution in [0, 0.1) is 11.8 Å². The van der Waals surface area contributed by atoms with Gasteiger partial charge in [0.05, 0.1) is 51.3 Å². The van der Waals surface area contributed by atoms with Gasteiger partial charge in [-0.2, -0.15) is 0 Å². The SMILES string of the molecule is COCCCCCCCCOC(=O)C1CCC(C(=O)OCCn2c(=O)n(CCO)c(=O)n(CCOC)c2=O)CC1. The number of hydrogen-bond acceptors (Lipinski definition) is 10. The molecule has 0 amide bonds. The molecule has 228 valence electrons. The molecule has 40 heavy (non-hydrogen) atoms. The first-order chi connectivity index (χ1) is 19.3. The fourth-order valence-corrected chi connectivity index (χ4v) is 4.81. The quantitative estimate of drug-likeness (QED) is 0.185. The minimum Gasteiger partial charge on any atom is -0.465 e. The van der Waals surface area contributed by atoms with Crippen LogP contribution in [0.2, 0.25) is 0 Å². The number of aliphatic hydroxyl groups is 1. The molecular weight excluding hydrogens is 526 g/mol. The molecule has 1 aliphatic carbocycles. The van der Waals surface area contributed by atoms with Crippen molar-refractivity contribution in [1.82, 2.24) is 13.7 Å². The molecule has 13 nitrogen and oxygen atoms in total. The molecule has 0 bridgehead atoms. The van der Waals surface area contributed by atoms with Crippen LogP contribution in [0.15, 0.2) is 14.4 Å². The molecule has 0 saturated heterocycles. The number of unbranched alkanes of at least 4 members (excludes halogenated alkanes) is 5. The number of rotatable bonds is 19. The van der Waals surface area contributed by atoms with Crippen LogP contribution < -0.4 is 17.1 Å². The van der Waals surface area contributed by atoms with Crippen LogP contribution in [0.4, 0.5) is 0 Å². The van der Waals surface area contributed by atoms with Crippen molar-refractivity contribution >= 4 is 11.9 Å². The van der Waals surface area contributed by atoms with Gasteiger partial charge in [0.15, 0.2) is 0 Å². The molecule has 1 heterocycles. The number of hydrogen-bond donors (Lipinski definition) is 1. The average molecular weight is 572 g/mol. The predicted octanol–water partition coefficient (Wildman–Crippen LogP) is 0.690. The van der Waals surface area contributed by atoms with E-state index in [1.165, 1.54) is 7.11 Å². The van der Waals surface area contributed by atoms with Crippen molar-refractivity contribution < 1.29 is 33.6 Å². The van der Waals surface area contributed by atoms with Gasteiger partial charge in [0.25, 0.3) is 0 Å². The number of carbonyl (C=O) groups is 2. The van der Waals surface area contributed by atoms with Gasteiger partial charge in [0.1, 0.15) is 6.61 Å². The molecule has 0 aromatic carbocycles. The minimum atomic E-state index is -0.880. The van der Waals surface area contributed by atoms with Crippen molar-refractivity contribution in [2.75, 3.05) is 47.3 Å². The first-order valence-electron chi connectivity index (χ1n) is 14.2. The first-order valence-corrected chi connectivity index (χ1v) is 14.2. The van der Waals surface area contributed by atoms with Gasteiger partial charge >= 0.3 is 29.0 Å². The Morgan fingerprint density at radius 3 is 1.50 bits per heavy atom. The minimum absolute atomic E-state index is 0.0688. The number of carbonyl (C=O) groups excluding carboxylic acids is 2. The van der Waals surface area contributed by atoms with E-state index in [0.29, 0.717) is 32.3 Å². The molecule has 0 unspecified atom stereocenters. The summed E-state index contributed by atoms with van der Waals surface area (Å²) in [6.45, 7) is 0.0110. The fourth-order valence-electron chi connectivity index (χ4n) is 4.81. The van der Waals surface area contributed by atoms with Crippen LogP contribution in [-0.2, 0) is 48.2 Å². The molecule has 0 aliphatic heterocycles. The lowest BCUT2D eigenvalue weighted by Gasteiger charge is -2.26. The van der Waals surface area contributed by atoms with Crippen molar-refractivity contribution in [2.24, 2.45) is 11.8 Å². The highest BCUT2D eigenvalue weighted by molar-refractivity contribution is 5.75. The summed E-state index contributed by atoms with van der Waals surface area (Å²) in [7, 11) is 3.12.